The summed E-state index contributed by atoms with van der Waals surface area (Å²) in [6, 6.07) is 0. The van der Waals surface area contributed by atoms with Gasteiger partial charge in [-0.2, -0.15) is 11.8 Å². The van der Waals surface area contributed by atoms with Gasteiger partial charge in [0.2, 0.25) is 0 Å². The summed E-state index contributed by atoms with van der Waals surface area (Å²) >= 11 is 2.06. The summed E-state index contributed by atoms with van der Waals surface area (Å²) in [5.41, 5.74) is 0.244. The van der Waals surface area contributed by atoms with Crippen molar-refractivity contribution in [2.45, 2.75) is 49.8 Å². The number of nitrogens with zero attached hydrogens (tertiary/aromatic N) is 3. The molecule has 1 saturated carbocycles. The van der Waals surface area contributed by atoms with Crippen LogP contribution >= 0.6 is 35.7 Å². The predicted octanol–water partition coefficient (Wildman–Crippen LogP) is 2.05. The van der Waals surface area contributed by atoms with Crippen LogP contribution in [0.2, 0.25) is 0 Å². The number of thioether (sulfide) groups is 1. The van der Waals surface area contributed by atoms with E-state index in [9.17, 15) is 8.42 Å². The molecule has 1 aliphatic carbocycles. The monoisotopic (exact) mass is 530 g/mol. The Kier molecular flexibility index (Phi) is 8.18. The van der Waals surface area contributed by atoms with Crippen LogP contribution in [0.15, 0.2) is 4.99 Å². The number of hydrogen-bond acceptors (Lipinski definition) is 5. The lowest BCUT2D eigenvalue weighted by atomic mass is 9.94. The Labute approximate surface area is 186 Å². The molecule has 0 aromatic heterocycles. The molecule has 1 N–H and O–H groups in total. The van der Waals surface area contributed by atoms with Crippen LogP contribution in [0.4, 0.5) is 0 Å². The van der Waals surface area contributed by atoms with Gasteiger partial charge in [0.15, 0.2) is 15.8 Å². The molecule has 158 valence electrons. The van der Waals surface area contributed by atoms with Crippen molar-refractivity contribution in [2.24, 2.45) is 4.99 Å². The predicted molar refractivity (Wildman–Crippen MR) is 126 cm³/mol. The van der Waals surface area contributed by atoms with Crippen molar-refractivity contribution in [3.8, 4) is 0 Å². The summed E-state index contributed by atoms with van der Waals surface area (Å²) in [7, 11) is -1.23. The van der Waals surface area contributed by atoms with E-state index in [0.29, 0.717) is 13.1 Å². The molecule has 0 aromatic carbocycles. The maximum Gasteiger partial charge on any atom is 0.193 e. The highest BCUT2D eigenvalue weighted by atomic mass is 127. The molecule has 0 amide bonds. The van der Waals surface area contributed by atoms with Crippen molar-refractivity contribution in [3.63, 3.8) is 0 Å². The molecular formula is C18H35IN4O2S2. The molecule has 6 nitrogen and oxygen atoms in total. The highest BCUT2D eigenvalue weighted by Crippen LogP contribution is 2.36. The number of aliphatic imine (C=N–C) groups is 1. The second-order valence-corrected chi connectivity index (χ2v) is 12.4. The summed E-state index contributed by atoms with van der Waals surface area (Å²) in [6.45, 7) is 7.95. The third-order valence-electron chi connectivity index (χ3n) is 6.35. The average Bonchev–Trinajstić information content (AvgIpc) is 3.09. The van der Waals surface area contributed by atoms with Gasteiger partial charge >= 0.3 is 0 Å². The molecule has 27 heavy (non-hydrogen) atoms. The van der Waals surface area contributed by atoms with E-state index >= 15 is 0 Å². The van der Waals surface area contributed by atoms with Gasteiger partial charge < -0.3 is 10.2 Å². The summed E-state index contributed by atoms with van der Waals surface area (Å²) in [4.78, 5) is 9.29. The standard InChI is InChI=1S/C18H34N4O2S2.HI/c1-17(2)15-21(10-13-26(17,23)24)16(19-3)20-14-18(6-4-5-7-18)22-8-11-25-12-9-22;/h4-15H2,1-3H3,(H,19,20);1H. The van der Waals surface area contributed by atoms with Crippen molar-refractivity contribution in [1.82, 2.24) is 15.1 Å². The van der Waals surface area contributed by atoms with E-state index < -0.39 is 14.6 Å². The number of halogens is 1. The molecule has 2 saturated heterocycles. The maximum atomic E-state index is 12.3. The minimum atomic E-state index is -3.03. The summed E-state index contributed by atoms with van der Waals surface area (Å²) in [6.07, 6.45) is 5.11. The van der Waals surface area contributed by atoms with Gasteiger partial charge in [-0.25, -0.2) is 8.42 Å². The number of rotatable bonds is 3. The van der Waals surface area contributed by atoms with Crippen LogP contribution in [-0.4, -0.2) is 91.5 Å². The topological polar surface area (TPSA) is 65.0 Å². The quantitative estimate of drug-likeness (QED) is 0.343. The SMILES string of the molecule is CN=C(NCC1(N2CCSCC2)CCCC1)N1CCS(=O)(=O)C(C)(C)C1.I. The molecule has 2 heterocycles. The molecule has 0 unspecified atom stereocenters. The summed E-state index contributed by atoms with van der Waals surface area (Å²) in [5.74, 6) is 3.52. The molecule has 3 rings (SSSR count). The zero-order chi connectivity index (χ0) is 18.8. The smallest absolute Gasteiger partial charge is 0.193 e. The van der Waals surface area contributed by atoms with Crippen LogP contribution in [0.5, 0.6) is 0 Å². The van der Waals surface area contributed by atoms with Gasteiger partial charge in [0.05, 0.1) is 10.5 Å². The van der Waals surface area contributed by atoms with E-state index in [4.69, 9.17) is 0 Å². The third-order valence-corrected chi connectivity index (χ3v) is 9.82. The first-order valence-corrected chi connectivity index (χ1v) is 12.6. The van der Waals surface area contributed by atoms with Crippen molar-refractivity contribution in [1.29, 1.82) is 0 Å². The van der Waals surface area contributed by atoms with Crippen LogP contribution < -0.4 is 5.32 Å². The Balaban J connectivity index is 0.00000261. The van der Waals surface area contributed by atoms with Crippen molar-refractivity contribution >= 4 is 51.5 Å². The van der Waals surface area contributed by atoms with Gasteiger partial charge in [-0.05, 0) is 26.7 Å². The highest BCUT2D eigenvalue weighted by Gasteiger charge is 2.43. The lowest BCUT2D eigenvalue weighted by Gasteiger charge is -2.45. The van der Waals surface area contributed by atoms with Gasteiger partial charge in [-0.1, -0.05) is 12.8 Å². The highest BCUT2D eigenvalue weighted by molar-refractivity contribution is 14.0. The molecule has 0 radical (unpaired) electrons. The first kappa shape index (κ1) is 23.5. The molecule has 0 aromatic rings. The minimum absolute atomic E-state index is 0. The summed E-state index contributed by atoms with van der Waals surface area (Å²) in [5, 5.41) is 3.62. The third kappa shape index (κ3) is 5.06. The number of sulfone groups is 1. The van der Waals surface area contributed by atoms with Crippen molar-refractivity contribution < 1.29 is 8.42 Å². The summed E-state index contributed by atoms with van der Waals surface area (Å²) < 4.78 is 23.9. The van der Waals surface area contributed by atoms with Crippen LogP contribution in [0, 0.1) is 0 Å². The molecule has 3 aliphatic rings. The van der Waals surface area contributed by atoms with Crippen LogP contribution in [0.1, 0.15) is 39.5 Å². The van der Waals surface area contributed by atoms with Crippen molar-refractivity contribution in [2.75, 3.05) is 57.0 Å². The molecule has 3 fully saturated rings. The number of hydrogen-bond donors (Lipinski definition) is 1. The zero-order valence-electron chi connectivity index (χ0n) is 16.9. The molecular weight excluding hydrogens is 495 g/mol. The molecule has 0 bridgehead atoms. The fourth-order valence-electron chi connectivity index (χ4n) is 4.58. The second-order valence-electron chi connectivity index (χ2n) is 8.43. The van der Waals surface area contributed by atoms with E-state index in [2.05, 4.69) is 31.9 Å². The van der Waals surface area contributed by atoms with E-state index in [0.717, 1.165) is 12.5 Å². The lowest BCUT2D eigenvalue weighted by molar-refractivity contribution is 0.106. The maximum absolute atomic E-state index is 12.3. The Morgan fingerprint density at radius 1 is 1.15 bits per heavy atom. The largest absolute Gasteiger partial charge is 0.354 e. The first-order valence-electron chi connectivity index (χ1n) is 9.80. The van der Waals surface area contributed by atoms with Gasteiger partial charge in [0.25, 0.3) is 0 Å². The Morgan fingerprint density at radius 2 is 1.78 bits per heavy atom. The van der Waals surface area contributed by atoms with Crippen molar-refractivity contribution in [3.05, 3.63) is 0 Å². The van der Waals surface area contributed by atoms with E-state index in [1.54, 1.807) is 7.05 Å². The van der Waals surface area contributed by atoms with E-state index in [-0.39, 0.29) is 35.3 Å². The van der Waals surface area contributed by atoms with Crippen LogP contribution in [-0.2, 0) is 9.84 Å². The fourth-order valence-corrected chi connectivity index (χ4v) is 6.84. The Bertz CT molecular complexity index is 627. The van der Waals surface area contributed by atoms with Gasteiger partial charge in [0, 0.05) is 56.8 Å². The Morgan fingerprint density at radius 3 is 2.33 bits per heavy atom. The molecule has 9 heteroatoms. The normalized spacial score (nSPS) is 27.8. The lowest BCUT2D eigenvalue weighted by Crippen LogP contribution is -2.61. The van der Waals surface area contributed by atoms with Crippen LogP contribution in [0.3, 0.4) is 0 Å². The van der Waals surface area contributed by atoms with E-state index in [1.807, 2.05) is 13.8 Å². The zero-order valence-corrected chi connectivity index (χ0v) is 20.8. The number of guanidine groups is 1. The molecule has 2 aliphatic heterocycles. The second kappa shape index (κ2) is 9.38. The Hall–Kier alpha value is 0.260. The molecule has 0 spiro atoms. The fraction of sp³-hybridized carbons (Fsp3) is 0.944. The molecule has 0 atom stereocenters. The van der Waals surface area contributed by atoms with E-state index in [1.165, 1.54) is 50.3 Å². The van der Waals surface area contributed by atoms with Gasteiger partial charge in [-0.3, -0.25) is 9.89 Å². The van der Waals surface area contributed by atoms with Crippen LogP contribution in [0.25, 0.3) is 0 Å². The number of nitrogens with one attached hydrogen (secondary N) is 1. The van der Waals surface area contributed by atoms with Gasteiger partial charge in [0.1, 0.15) is 0 Å². The van der Waals surface area contributed by atoms with Gasteiger partial charge in [-0.15, -0.1) is 24.0 Å². The minimum Gasteiger partial charge on any atom is -0.354 e. The first-order chi connectivity index (χ1) is 12.3. The average molecular weight is 531 g/mol.